The zero-order valence-electron chi connectivity index (χ0n) is 19.6. The molecule has 0 saturated carbocycles. The lowest BCUT2D eigenvalue weighted by molar-refractivity contribution is -0.385. The first-order valence-corrected chi connectivity index (χ1v) is 11.0. The van der Waals surface area contributed by atoms with Gasteiger partial charge in [0.15, 0.2) is 5.76 Å². The Morgan fingerprint density at radius 1 is 1.08 bits per heavy atom. The van der Waals surface area contributed by atoms with E-state index in [0.717, 1.165) is 11.6 Å². The van der Waals surface area contributed by atoms with E-state index in [1.165, 1.54) is 24.4 Å². The van der Waals surface area contributed by atoms with Gasteiger partial charge in [0.05, 0.1) is 34.5 Å². The topological polar surface area (TPSA) is 139 Å². The van der Waals surface area contributed by atoms with Gasteiger partial charge in [-0.1, -0.05) is 18.2 Å². The molecule has 11 heteroatoms. The summed E-state index contributed by atoms with van der Waals surface area (Å²) in [6, 6.07) is 17.8. The number of nitro groups is 1. The zero-order chi connectivity index (χ0) is 26.1. The van der Waals surface area contributed by atoms with Crippen LogP contribution in [0.5, 0.6) is 11.5 Å². The van der Waals surface area contributed by atoms with E-state index in [9.17, 15) is 19.7 Å². The summed E-state index contributed by atoms with van der Waals surface area (Å²) >= 11 is 0. The molecule has 0 bridgehead atoms. The van der Waals surface area contributed by atoms with Gasteiger partial charge in [-0.3, -0.25) is 19.7 Å². The first kappa shape index (κ1) is 23.4. The number of hydrogen-bond acceptors (Lipinski definition) is 9. The summed E-state index contributed by atoms with van der Waals surface area (Å²) in [5.74, 6) is 0.104. The first-order valence-electron chi connectivity index (χ1n) is 11.0. The number of aromatic nitrogens is 2. The fourth-order valence-corrected chi connectivity index (χ4v) is 3.84. The number of nitro benzene ring substituents is 1. The number of carbonyl (C=O) groups excluding carboxylic acids is 1. The van der Waals surface area contributed by atoms with Gasteiger partial charge in [0, 0.05) is 18.6 Å². The van der Waals surface area contributed by atoms with E-state index in [4.69, 9.17) is 13.9 Å². The monoisotopic (exact) mass is 498 g/mol. The minimum absolute atomic E-state index is 0.129. The smallest absolute Gasteiger partial charge is 0.312 e. The van der Waals surface area contributed by atoms with Crippen LogP contribution in [0.15, 0.2) is 81.0 Å². The zero-order valence-corrected chi connectivity index (χ0v) is 19.6. The van der Waals surface area contributed by atoms with Crippen molar-refractivity contribution in [1.82, 2.24) is 9.66 Å². The number of carbonyl (C=O) groups is 1. The van der Waals surface area contributed by atoms with Gasteiger partial charge in [0.1, 0.15) is 11.3 Å². The van der Waals surface area contributed by atoms with Crippen molar-refractivity contribution in [2.75, 3.05) is 7.11 Å². The molecule has 11 nitrogen and oxygen atoms in total. The third-order valence-electron chi connectivity index (χ3n) is 5.47. The number of methoxy groups -OCH3 is 1. The number of para-hydroxylation sites is 1. The van der Waals surface area contributed by atoms with Crippen LogP contribution in [0.3, 0.4) is 0 Å². The molecular formula is C26H18N4O7. The molecule has 0 unspecified atom stereocenters. The molecule has 0 aliphatic carbocycles. The van der Waals surface area contributed by atoms with Crippen LogP contribution in [0.2, 0.25) is 0 Å². The van der Waals surface area contributed by atoms with Crippen molar-refractivity contribution in [3.63, 3.8) is 0 Å². The number of esters is 1. The highest BCUT2D eigenvalue weighted by Crippen LogP contribution is 2.33. The average molecular weight is 498 g/mol. The van der Waals surface area contributed by atoms with Gasteiger partial charge >= 0.3 is 11.7 Å². The second-order valence-electron chi connectivity index (χ2n) is 7.87. The van der Waals surface area contributed by atoms with E-state index in [1.807, 2.05) is 0 Å². The predicted molar refractivity (Wildman–Crippen MR) is 135 cm³/mol. The van der Waals surface area contributed by atoms with Gasteiger partial charge in [-0.2, -0.15) is 9.78 Å². The quantitative estimate of drug-likeness (QED) is 0.109. The van der Waals surface area contributed by atoms with Gasteiger partial charge < -0.3 is 13.9 Å². The summed E-state index contributed by atoms with van der Waals surface area (Å²) in [6.45, 7) is 1.15. The van der Waals surface area contributed by atoms with Crippen LogP contribution in [-0.4, -0.2) is 33.9 Å². The van der Waals surface area contributed by atoms with E-state index in [0.29, 0.717) is 33.2 Å². The highest BCUT2D eigenvalue weighted by atomic mass is 16.6. The molecule has 3 aromatic carbocycles. The average Bonchev–Trinajstić information content (AvgIpc) is 3.32. The Hall–Kier alpha value is -5.32. The van der Waals surface area contributed by atoms with Crippen LogP contribution in [0, 0.1) is 10.1 Å². The minimum atomic E-state index is -0.689. The molecule has 0 radical (unpaired) electrons. The van der Waals surface area contributed by atoms with Crippen molar-refractivity contribution in [1.29, 1.82) is 0 Å². The Bertz CT molecular complexity index is 1790. The molecule has 2 aromatic heterocycles. The molecule has 2 heterocycles. The highest BCUT2D eigenvalue weighted by Gasteiger charge is 2.19. The fraction of sp³-hybridized carbons (Fsp3) is 0.0769. The highest BCUT2D eigenvalue weighted by molar-refractivity contribution is 5.89. The van der Waals surface area contributed by atoms with E-state index in [1.54, 1.807) is 55.6 Å². The molecule has 0 amide bonds. The third-order valence-corrected chi connectivity index (χ3v) is 5.47. The van der Waals surface area contributed by atoms with Crippen molar-refractivity contribution in [2.24, 2.45) is 5.10 Å². The standard InChI is InChI=1S/C26H18N4O7/c1-15(31)36-23-11-10-16(12-20(23)30(33)34)14-27-29-25(28-19-7-4-3-6-17(19)26(29)32)24-13-18-21(35-2)8-5-9-22(18)37-24/h3-14H,1-2H3. The summed E-state index contributed by atoms with van der Waals surface area (Å²) in [5.41, 5.74) is 0.384. The number of rotatable bonds is 6. The van der Waals surface area contributed by atoms with E-state index < -0.39 is 22.1 Å². The van der Waals surface area contributed by atoms with Gasteiger partial charge in [-0.15, -0.1) is 0 Å². The number of nitrogens with zero attached hydrogens (tertiary/aromatic N) is 4. The number of benzene rings is 3. The Labute approximate surface area is 208 Å². The molecule has 37 heavy (non-hydrogen) atoms. The van der Waals surface area contributed by atoms with E-state index in [2.05, 4.69) is 10.1 Å². The molecule has 0 aliphatic heterocycles. The van der Waals surface area contributed by atoms with E-state index >= 15 is 0 Å². The lowest BCUT2D eigenvalue weighted by atomic mass is 10.2. The second kappa shape index (κ2) is 9.38. The van der Waals surface area contributed by atoms with Gasteiger partial charge in [0.25, 0.3) is 5.56 Å². The lowest BCUT2D eigenvalue weighted by Crippen LogP contribution is -2.20. The summed E-state index contributed by atoms with van der Waals surface area (Å²) in [4.78, 5) is 40.1. The molecule has 0 saturated heterocycles. The summed E-state index contributed by atoms with van der Waals surface area (Å²) in [7, 11) is 1.54. The van der Waals surface area contributed by atoms with Crippen LogP contribution >= 0.6 is 0 Å². The molecule has 0 spiro atoms. The largest absolute Gasteiger partial charge is 0.496 e. The molecule has 0 fully saturated rings. The molecule has 184 valence electrons. The molecule has 0 atom stereocenters. The normalized spacial score (nSPS) is 11.3. The van der Waals surface area contributed by atoms with Crippen LogP contribution < -0.4 is 15.0 Å². The SMILES string of the molecule is COc1cccc2oc(-c3nc4ccccc4c(=O)n3N=Cc3ccc(OC(C)=O)c([N+](=O)[O-])c3)cc12. The fourth-order valence-electron chi connectivity index (χ4n) is 3.84. The van der Waals surface area contributed by atoms with Crippen molar-refractivity contribution < 1.29 is 23.6 Å². The molecule has 0 aliphatic rings. The maximum absolute atomic E-state index is 13.4. The third kappa shape index (κ3) is 4.41. The second-order valence-corrected chi connectivity index (χ2v) is 7.87. The van der Waals surface area contributed by atoms with Crippen molar-refractivity contribution in [2.45, 2.75) is 6.92 Å². The van der Waals surface area contributed by atoms with Crippen molar-refractivity contribution >= 4 is 39.7 Å². The van der Waals surface area contributed by atoms with Crippen molar-refractivity contribution in [3.05, 3.63) is 92.8 Å². The first-order chi connectivity index (χ1) is 17.9. The Balaban J connectivity index is 1.67. The molecular weight excluding hydrogens is 480 g/mol. The minimum Gasteiger partial charge on any atom is -0.496 e. The van der Waals surface area contributed by atoms with Crippen LogP contribution in [-0.2, 0) is 4.79 Å². The lowest BCUT2D eigenvalue weighted by Gasteiger charge is -2.07. The van der Waals surface area contributed by atoms with Crippen molar-refractivity contribution in [3.8, 4) is 23.1 Å². The van der Waals surface area contributed by atoms with Gasteiger partial charge in [-0.05, 0) is 42.5 Å². The predicted octanol–water partition coefficient (Wildman–Crippen LogP) is 4.53. The Morgan fingerprint density at radius 2 is 1.89 bits per heavy atom. The van der Waals surface area contributed by atoms with Gasteiger partial charge in [-0.25, -0.2) is 4.98 Å². The maximum atomic E-state index is 13.4. The van der Waals surface area contributed by atoms with Crippen LogP contribution in [0.25, 0.3) is 33.5 Å². The molecule has 5 rings (SSSR count). The van der Waals surface area contributed by atoms with Gasteiger partial charge in [0.2, 0.25) is 11.6 Å². The number of furan rings is 1. The summed E-state index contributed by atoms with van der Waals surface area (Å²) in [6.07, 6.45) is 1.27. The Morgan fingerprint density at radius 3 is 2.65 bits per heavy atom. The molecule has 5 aromatic rings. The summed E-state index contributed by atoms with van der Waals surface area (Å²) in [5, 5.41) is 16.8. The summed E-state index contributed by atoms with van der Waals surface area (Å²) < 4.78 is 17.4. The van der Waals surface area contributed by atoms with Crippen LogP contribution in [0.4, 0.5) is 5.69 Å². The number of fused-ring (bicyclic) bond motifs is 2. The number of ether oxygens (including phenoxy) is 2. The van der Waals surface area contributed by atoms with E-state index in [-0.39, 0.29) is 17.3 Å². The Kier molecular flexibility index (Phi) is 5.94. The molecule has 0 N–H and O–H groups in total. The van der Waals surface area contributed by atoms with Crippen LogP contribution in [0.1, 0.15) is 12.5 Å². The number of hydrogen-bond donors (Lipinski definition) is 0. The maximum Gasteiger partial charge on any atom is 0.312 e.